The van der Waals surface area contributed by atoms with Gasteiger partial charge in [0.1, 0.15) is 0 Å². The van der Waals surface area contributed by atoms with E-state index in [1.165, 1.54) is 4.88 Å². The molecule has 0 aliphatic carbocycles. The minimum absolute atomic E-state index is 0.529. The highest BCUT2D eigenvalue weighted by molar-refractivity contribution is 7.16. The third-order valence-corrected chi connectivity index (χ3v) is 4.50. The molecule has 2 heterocycles. The number of thiophene rings is 1. The first kappa shape index (κ1) is 12.4. The molecule has 1 atom stereocenters. The van der Waals surface area contributed by atoms with Crippen molar-refractivity contribution < 1.29 is 5.11 Å². The molecule has 1 N–H and O–H groups in total. The quantitative estimate of drug-likeness (QED) is 0.883. The fourth-order valence-corrected chi connectivity index (χ4v) is 3.49. The molecule has 1 aliphatic heterocycles. The second-order valence-corrected chi connectivity index (χ2v) is 6.56. The van der Waals surface area contributed by atoms with E-state index in [0.717, 1.165) is 43.1 Å². The molecule has 1 fully saturated rings. The first-order chi connectivity index (χ1) is 7.57. The average Bonchev–Trinajstić information content (AvgIpc) is 2.53. The molecule has 1 aliphatic rings. The molecule has 1 aromatic rings. The normalized spacial score (nSPS) is 27.9. The molecule has 1 unspecified atom stereocenters. The van der Waals surface area contributed by atoms with Gasteiger partial charge in [0.05, 0.1) is 9.94 Å². The summed E-state index contributed by atoms with van der Waals surface area (Å²) in [6.07, 6.45) is 3.58. The molecule has 2 rings (SSSR count). The Labute approximate surface area is 106 Å². The minimum atomic E-state index is -0.529. The number of hydrogen-bond donors (Lipinski definition) is 1. The first-order valence-corrected chi connectivity index (χ1v) is 6.92. The van der Waals surface area contributed by atoms with Gasteiger partial charge in [-0.1, -0.05) is 11.6 Å². The summed E-state index contributed by atoms with van der Waals surface area (Å²) in [7, 11) is 2.12. The standard InChI is InChI=1S/C12H18ClNOS/c1-14-7-2-5-12(15,6-8-14)9-10-3-4-11(13)16-10/h3-4,15H,2,5-9H2,1H3. The predicted octanol–water partition coefficient (Wildman–Crippen LogP) is 2.79. The van der Waals surface area contributed by atoms with E-state index in [9.17, 15) is 5.11 Å². The van der Waals surface area contributed by atoms with E-state index in [1.807, 2.05) is 12.1 Å². The summed E-state index contributed by atoms with van der Waals surface area (Å²) in [6.45, 7) is 2.07. The van der Waals surface area contributed by atoms with Gasteiger partial charge >= 0.3 is 0 Å². The Morgan fingerprint density at radius 1 is 1.44 bits per heavy atom. The number of nitrogens with zero attached hydrogens (tertiary/aromatic N) is 1. The van der Waals surface area contributed by atoms with Gasteiger partial charge in [0.2, 0.25) is 0 Å². The van der Waals surface area contributed by atoms with Crippen LogP contribution in [0.3, 0.4) is 0 Å². The molecule has 0 radical (unpaired) electrons. The lowest BCUT2D eigenvalue weighted by Gasteiger charge is -2.26. The van der Waals surface area contributed by atoms with Crippen LogP contribution in [0.1, 0.15) is 24.1 Å². The molecule has 0 saturated carbocycles. The van der Waals surface area contributed by atoms with Crippen LogP contribution in [0.15, 0.2) is 12.1 Å². The Kier molecular flexibility index (Phi) is 3.90. The van der Waals surface area contributed by atoms with Gasteiger partial charge in [-0.2, -0.15) is 0 Å². The molecule has 1 aromatic heterocycles. The monoisotopic (exact) mass is 259 g/mol. The number of likely N-dealkylation sites (tertiary alicyclic amines) is 1. The number of rotatable bonds is 2. The van der Waals surface area contributed by atoms with Crippen LogP contribution in [0.2, 0.25) is 4.34 Å². The van der Waals surface area contributed by atoms with Crippen LogP contribution >= 0.6 is 22.9 Å². The summed E-state index contributed by atoms with van der Waals surface area (Å²) < 4.78 is 0.810. The molecule has 2 nitrogen and oxygen atoms in total. The zero-order valence-electron chi connectivity index (χ0n) is 9.58. The molecular weight excluding hydrogens is 242 g/mol. The maximum absolute atomic E-state index is 10.6. The number of aliphatic hydroxyl groups is 1. The van der Waals surface area contributed by atoms with Gasteiger partial charge in [-0.15, -0.1) is 11.3 Å². The molecule has 0 amide bonds. The second kappa shape index (κ2) is 5.05. The zero-order chi connectivity index (χ0) is 11.6. The lowest BCUT2D eigenvalue weighted by atomic mass is 9.90. The fourth-order valence-electron chi connectivity index (χ4n) is 2.26. The summed E-state index contributed by atoms with van der Waals surface area (Å²) in [5, 5.41) is 10.6. The van der Waals surface area contributed by atoms with E-state index in [2.05, 4.69) is 11.9 Å². The Hall–Kier alpha value is -0.0900. The van der Waals surface area contributed by atoms with E-state index in [0.29, 0.717) is 0 Å². The number of hydrogen-bond acceptors (Lipinski definition) is 3. The van der Waals surface area contributed by atoms with Crippen molar-refractivity contribution >= 4 is 22.9 Å². The second-order valence-electron chi connectivity index (χ2n) is 4.76. The Balaban J connectivity index is 2.01. The molecule has 1 saturated heterocycles. The molecular formula is C12H18ClNOS. The van der Waals surface area contributed by atoms with Gasteiger partial charge in [-0.05, 0) is 45.0 Å². The van der Waals surface area contributed by atoms with Crippen molar-refractivity contribution in [2.24, 2.45) is 0 Å². The van der Waals surface area contributed by atoms with Crippen molar-refractivity contribution in [2.75, 3.05) is 20.1 Å². The van der Waals surface area contributed by atoms with E-state index in [1.54, 1.807) is 11.3 Å². The largest absolute Gasteiger partial charge is 0.389 e. The van der Waals surface area contributed by atoms with Crippen molar-refractivity contribution in [1.29, 1.82) is 0 Å². The topological polar surface area (TPSA) is 23.5 Å². The van der Waals surface area contributed by atoms with Gasteiger partial charge in [0.25, 0.3) is 0 Å². The van der Waals surface area contributed by atoms with Crippen molar-refractivity contribution in [3.8, 4) is 0 Å². The summed E-state index contributed by atoms with van der Waals surface area (Å²) >= 11 is 7.49. The van der Waals surface area contributed by atoms with Crippen molar-refractivity contribution in [3.63, 3.8) is 0 Å². The third kappa shape index (κ3) is 3.20. The average molecular weight is 260 g/mol. The van der Waals surface area contributed by atoms with Crippen molar-refractivity contribution in [2.45, 2.75) is 31.3 Å². The first-order valence-electron chi connectivity index (χ1n) is 5.73. The minimum Gasteiger partial charge on any atom is -0.389 e. The van der Waals surface area contributed by atoms with Crippen LogP contribution in [0.4, 0.5) is 0 Å². The summed E-state index contributed by atoms with van der Waals surface area (Å²) in [5.74, 6) is 0. The molecule has 4 heteroatoms. The highest BCUT2D eigenvalue weighted by Gasteiger charge is 2.29. The van der Waals surface area contributed by atoms with Gasteiger partial charge in [-0.25, -0.2) is 0 Å². The van der Waals surface area contributed by atoms with Gasteiger partial charge in [-0.3, -0.25) is 0 Å². The highest BCUT2D eigenvalue weighted by atomic mass is 35.5. The smallest absolute Gasteiger partial charge is 0.0931 e. The van der Waals surface area contributed by atoms with Crippen LogP contribution in [0.25, 0.3) is 0 Å². The van der Waals surface area contributed by atoms with E-state index >= 15 is 0 Å². The molecule has 0 bridgehead atoms. The summed E-state index contributed by atoms with van der Waals surface area (Å²) in [5.41, 5.74) is -0.529. The zero-order valence-corrected chi connectivity index (χ0v) is 11.2. The van der Waals surface area contributed by atoms with E-state index in [4.69, 9.17) is 11.6 Å². The lowest BCUT2D eigenvalue weighted by molar-refractivity contribution is 0.0271. The summed E-state index contributed by atoms with van der Waals surface area (Å²) in [6, 6.07) is 3.94. The number of halogens is 1. The maximum atomic E-state index is 10.6. The predicted molar refractivity (Wildman–Crippen MR) is 69.3 cm³/mol. The van der Waals surface area contributed by atoms with Gasteiger partial charge in [0.15, 0.2) is 0 Å². The van der Waals surface area contributed by atoms with Crippen molar-refractivity contribution in [1.82, 2.24) is 4.90 Å². The van der Waals surface area contributed by atoms with E-state index < -0.39 is 5.60 Å². The van der Waals surface area contributed by atoms with Crippen LogP contribution in [-0.2, 0) is 6.42 Å². The Morgan fingerprint density at radius 2 is 2.25 bits per heavy atom. The third-order valence-electron chi connectivity index (χ3n) is 3.27. The Bertz CT molecular complexity index is 355. The molecule has 0 spiro atoms. The molecule has 0 aromatic carbocycles. The van der Waals surface area contributed by atoms with Gasteiger partial charge < -0.3 is 10.0 Å². The SMILES string of the molecule is CN1CCCC(O)(Cc2ccc(Cl)s2)CC1. The summed E-state index contributed by atoms with van der Waals surface area (Å²) in [4.78, 5) is 3.48. The van der Waals surface area contributed by atoms with Crippen LogP contribution < -0.4 is 0 Å². The maximum Gasteiger partial charge on any atom is 0.0931 e. The fraction of sp³-hybridized carbons (Fsp3) is 0.667. The highest BCUT2D eigenvalue weighted by Crippen LogP contribution is 2.30. The van der Waals surface area contributed by atoms with Gasteiger partial charge in [0, 0.05) is 17.8 Å². The van der Waals surface area contributed by atoms with Crippen LogP contribution in [-0.4, -0.2) is 35.7 Å². The van der Waals surface area contributed by atoms with Crippen LogP contribution in [0, 0.1) is 0 Å². The molecule has 90 valence electrons. The lowest BCUT2D eigenvalue weighted by Crippen LogP contribution is -2.32. The Morgan fingerprint density at radius 3 is 2.94 bits per heavy atom. The van der Waals surface area contributed by atoms with Crippen molar-refractivity contribution in [3.05, 3.63) is 21.3 Å². The molecule has 16 heavy (non-hydrogen) atoms. The van der Waals surface area contributed by atoms with Crippen LogP contribution in [0.5, 0.6) is 0 Å². The van der Waals surface area contributed by atoms with E-state index in [-0.39, 0.29) is 0 Å².